The Bertz CT molecular complexity index is 1380. The van der Waals surface area contributed by atoms with Gasteiger partial charge in [0.1, 0.15) is 18.2 Å². The zero-order valence-corrected chi connectivity index (χ0v) is 24.2. The van der Waals surface area contributed by atoms with Crippen molar-refractivity contribution in [3.63, 3.8) is 0 Å². The van der Waals surface area contributed by atoms with Gasteiger partial charge in [0.05, 0.1) is 11.0 Å². The van der Waals surface area contributed by atoms with Crippen LogP contribution in [0.4, 0.5) is 0 Å². The molecule has 5 rings (SSSR count). The Morgan fingerprint density at radius 3 is 2.38 bits per heavy atom. The predicted molar refractivity (Wildman–Crippen MR) is 162 cm³/mol. The zero-order chi connectivity index (χ0) is 27.7. The van der Waals surface area contributed by atoms with E-state index < -0.39 is 0 Å². The van der Waals surface area contributed by atoms with Gasteiger partial charge in [0.15, 0.2) is 0 Å². The number of amides is 1. The summed E-state index contributed by atoms with van der Waals surface area (Å²) in [4.78, 5) is 23.0. The highest BCUT2D eigenvalue weighted by Crippen LogP contribution is 2.23. The molecule has 1 amide bonds. The molecule has 0 unspecified atom stereocenters. The van der Waals surface area contributed by atoms with Crippen LogP contribution < -0.4 is 4.74 Å². The Balaban J connectivity index is 1.28. The number of piperidine rings is 1. The van der Waals surface area contributed by atoms with E-state index in [1.54, 1.807) is 0 Å². The fraction of sp³-hybridized carbons (Fsp3) is 0.394. The highest BCUT2D eigenvalue weighted by molar-refractivity contribution is 6.30. The lowest BCUT2D eigenvalue weighted by Gasteiger charge is -2.28. The maximum absolute atomic E-state index is 13.5. The zero-order valence-electron chi connectivity index (χ0n) is 23.4. The van der Waals surface area contributed by atoms with Crippen LogP contribution in [0.5, 0.6) is 5.75 Å². The number of hydrogen-bond acceptors (Lipinski definition) is 4. The monoisotopic (exact) mass is 558 g/mol. The van der Waals surface area contributed by atoms with Crippen LogP contribution >= 0.6 is 11.6 Å². The fourth-order valence-corrected chi connectivity index (χ4v) is 5.67. The van der Waals surface area contributed by atoms with Crippen molar-refractivity contribution >= 4 is 28.5 Å². The van der Waals surface area contributed by atoms with Gasteiger partial charge in [-0.15, -0.1) is 0 Å². The van der Waals surface area contributed by atoms with Crippen molar-refractivity contribution in [2.24, 2.45) is 0 Å². The van der Waals surface area contributed by atoms with Gasteiger partial charge in [-0.2, -0.15) is 0 Å². The van der Waals surface area contributed by atoms with Gasteiger partial charge in [-0.05, 0) is 100 Å². The molecule has 7 heteroatoms. The van der Waals surface area contributed by atoms with Gasteiger partial charge in [0, 0.05) is 30.2 Å². The van der Waals surface area contributed by atoms with Gasteiger partial charge in [-0.1, -0.05) is 48.4 Å². The summed E-state index contributed by atoms with van der Waals surface area (Å²) in [5, 5.41) is 0.681. The highest BCUT2D eigenvalue weighted by atomic mass is 35.5. The molecule has 0 atom stereocenters. The number of para-hydroxylation sites is 1. The molecule has 210 valence electrons. The van der Waals surface area contributed by atoms with Crippen LogP contribution in [-0.2, 0) is 13.2 Å². The molecular formula is C33H39ClN4O2. The summed E-state index contributed by atoms with van der Waals surface area (Å²) in [6, 6.07) is 23.3. The van der Waals surface area contributed by atoms with E-state index >= 15 is 0 Å². The third-order valence-corrected chi connectivity index (χ3v) is 7.96. The third-order valence-electron chi connectivity index (χ3n) is 7.71. The summed E-state index contributed by atoms with van der Waals surface area (Å²) >= 11 is 6.04. The molecule has 0 aliphatic carbocycles. The van der Waals surface area contributed by atoms with E-state index in [2.05, 4.69) is 34.6 Å². The minimum Gasteiger partial charge on any atom is -0.486 e. The first-order valence-electron chi connectivity index (χ1n) is 14.5. The molecule has 4 aromatic rings. The van der Waals surface area contributed by atoms with E-state index in [9.17, 15) is 4.79 Å². The summed E-state index contributed by atoms with van der Waals surface area (Å²) in [6.45, 7) is 8.07. The number of aromatic nitrogens is 2. The van der Waals surface area contributed by atoms with E-state index in [-0.39, 0.29) is 5.91 Å². The number of aryl methyl sites for hydroxylation is 2. The minimum absolute atomic E-state index is 0.108. The van der Waals surface area contributed by atoms with Crippen LogP contribution in [0.3, 0.4) is 0 Å². The molecule has 1 saturated heterocycles. The number of ether oxygens (including phenoxy) is 1. The molecule has 1 aliphatic rings. The molecule has 1 fully saturated rings. The quantitative estimate of drug-likeness (QED) is 0.188. The molecule has 40 heavy (non-hydrogen) atoms. The Kier molecular flexibility index (Phi) is 9.74. The van der Waals surface area contributed by atoms with Gasteiger partial charge in [-0.3, -0.25) is 4.79 Å². The number of imidazole rings is 1. The maximum Gasteiger partial charge on any atom is 0.253 e. The van der Waals surface area contributed by atoms with Gasteiger partial charge < -0.3 is 19.1 Å². The van der Waals surface area contributed by atoms with E-state index in [0.717, 1.165) is 66.2 Å². The molecule has 0 saturated carbocycles. The van der Waals surface area contributed by atoms with Crippen molar-refractivity contribution < 1.29 is 9.53 Å². The average molecular weight is 559 g/mol. The van der Waals surface area contributed by atoms with E-state index in [1.807, 2.05) is 59.5 Å². The van der Waals surface area contributed by atoms with Crippen LogP contribution in [0.1, 0.15) is 53.8 Å². The summed E-state index contributed by atoms with van der Waals surface area (Å²) in [5.74, 6) is 1.75. The van der Waals surface area contributed by atoms with Crippen LogP contribution in [0, 0.1) is 6.92 Å². The van der Waals surface area contributed by atoms with Gasteiger partial charge >= 0.3 is 0 Å². The smallest absolute Gasteiger partial charge is 0.253 e. The normalized spacial score (nSPS) is 13.9. The van der Waals surface area contributed by atoms with Crippen molar-refractivity contribution in [1.82, 2.24) is 19.4 Å². The summed E-state index contributed by atoms with van der Waals surface area (Å²) in [6.07, 6.45) is 5.73. The molecule has 2 heterocycles. The molecular weight excluding hydrogens is 520 g/mol. The first-order chi connectivity index (χ1) is 19.6. The molecule has 1 aliphatic heterocycles. The van der Waals surface area contributed by atoms with Crippen LogP contribution in [0.25, 0.3) is 11.0 Å². The molecule has 3 aromatic carbocycles. The van der Waals surface area contributed by atoms with Gasteiger partial charge in [0.2, 0.25) is 0 Å². The van der Waals surface area contributed by atoms with Crippen molar-refractivity contribution in [2.45, 2.75) is 52.2 Å². The standard InChI is InChI=1S/C33H39ClN4O2/c1-26-11-8-14-30-32(26)35-31(25-40-29-17-15-28(34)16-18-29)38(30)24-10-23-37(33(39)27-12-4-2-5-13-27)22-9-21-36-19-6-3-7-20-36/h2,4-5,8,11-18H,3,6-7,9-10,19-25H2,1H3. The molecule has 0 N–H and O–H groups in total. The Morgan fingerprint density at radius 2 is 1.62 bits per heavy atom. The number of carbonyl (C=O) groups is 1. The highest BCUT2D eigenvalue weighted by Gasteiger charge is 2.18. The molecule has 1 aromatic heterocycles. The number of nitrogens with zero attached hydrogens (tertiary/aromatic N) is 4. The Hall–Kier alpha value is -3.35. The van der Waals surface area contributed by atoms with E-state index in [1.165, 1.54) is 32.4 Å². The number of carbonyl (C=O) groups excluding carboxylic acids is 1. The van der Waals surface area contributed by atoms with Crippen molar-refractivity contribution in [3.8, 4) is 5.75 Å². The second-order valence-corrected chi connectivity index (χ2v) is 11.1. The number of hydrogen-bond donors (Lipinski definition) is 0. The van der Waals surface area contributed by atoms with Crippen molar-refractivity contribution in [1.29, 1.82) is 0 Å². The summed E-state index contributed by atoms with van der Waals surface area (Å²) in [5.41, 5.74) is 3.99. The lowest BCUT2D eigenvalue weighted by atomic mass is 10.1. The number of halogens is 1. The average Bonchev–Trinajstić information content (AvgIpc) is 3.35. The number of rotatable bonds is 12. The second kappa shape index (κ2) is 13.8. The van der Waals surface area contributed by atoms with E-state index in [0.29, 0.717) is 18.2 Å². The largest absolute Gasteiger partial charge is 0.486 e. The number of fused-ring (bicyclic) bond motifs is 1. The van der Waals surface area contributed by atoms with Gasteiger partial charge in [0.25, 0.3) is 5.91 Å². The summed E-state index contributed by atoms with van der Waals surface area (Å²) < 4.78 is 8.33. The Morgan fingerprint density at radius 1 is 0.900 bits per heavy atom. The molecule has 6 nitrogen and oxygen atoms in total. The van der Waals surface area contributed by atoms with Crippen molar-refractivity contribution in [3.05, 3.63) is 94.8 Å². The van der Waals surface area contributed by atoms with Crippen LogP contribution in [0.15, 0.2) is 72.8 Å². The van der Waals surface area contributed by atoms with E-state index in [4.69, 9.17) is 21.3 Å². The number of likely N-dealkylation sites (tertiary alicyclic amines) is 1. The first-order valence-corrected chi connectivity index (χ1v) is 14.9. The lowest BCUT2D eigenvalue weighted by molar-refractivity contribution is 0.0742. The van der Waals surface area contributed by atoms with Crippen LogP contribution in [-0.4, -0.2) is 58.0 Å². The third kappa shape index (κ3) is 7.23. The molecule has 0 bridgehead atoms. The molecule has 0 spiro atoms. The SMILES string of the molecule is Cc1cccc2c1nc(COc1ccc(Cl)cc1)n2CCCN(CCCN1CCCCC1)C(=O)c1ccccc1. The van der Waals surface area contributed by atoms with Gasteiger partial charge in [-0.25, -0.2) is 4.98 Å². The lowest BCUT2D eigenvalue weighted by Crippen LogP contribution is -2.36. The fourth-order valence-electron chi connectivity index (χ4n) is 5.54. The number of benzene rings is 3. The first kappa shape index (κ1) is 28.2. The Labute approximate surface area is 242 Å². The van der Waals surface area contributed by atoms with Crippen LogP contribution in [0.2, 0.25) is 5.02 Å². The topological polar surface area (TPSA) is 50.6 Å². The predicted octanol–water partition coefficient (Wildman–Crippen LogP) is 6.99. The van der Waals surface area contributed by atoms with Crippen molar-refractivity contribution in [2.75, 3.05) is 32.7 Å². The molecule has 0 radical (unpaired) electrons. The summed E-state index contributed by atoms with van der Waals surface area (Å²) in [7, 11) is 0. The maximum atomic E-state index is 13.5. The second-order valence-electron chi connectivity index (χ2n) is 10.6. The minimum atomic E-state index is 0.108.